The third kappa shape index (κ3) is 4.19. The van der Waals surface area contributed by atoms with E-state index in [2.05, 4.69) is 17.4 Å². The van der Waals surface area contributed by atoms with E-state index in [4.69, 9.17) is 14.2 Å². The van der Waals surface area contributed by atoms with Crippen LogP contribution in [-0.2, 0) is 9.47 Å². The van der Waals surface area contributed by atoms with Crippen molar-refractivity contribution in [1.82, 2.24) is 5.32 Å². The summed E-state index contributed by atoms with van der Waals surface area (Å²) in [7, 11) is 1.72. The third-order valence-corrected chi connectivity index (χ3v) is 4.18. The standard InChI is InChI=1S/C17H25NO3/c1-19-16-5-3-2-4-15(16)17(12-18-13-6-7-13)21-14-8-10-20-11-9-14/h2-5,13-14,17-18H,6-12H2,1H3. The van der Waals surface area contributed by atoms with E-state index in [-0.39, 0.29) is 12.2 Å². The molecule has 1 aliphatic carbocycles. The highest BCUT2D eigenvalue weighted by Gasteiger charge is 2.26. The summed E-state index contributed by atoms with van der Waals surface area (Å²) in [5.74, 6) is 0.909. The van der Waals surface area contributed by atoms with E-state index >= 15 is 0 Å². The Morgan fingerprint density at radius 1 is 1.19 bits per heavy atom. The second kappa shape index (κ2) is 7.25. The van der Waals surface area contributed by atoms with Crippen molar-refractivity contribution < 1.29 is 14.2 Å². The number of ether oxygens (including phenoxy) is 3. The molecule has 21 heavy (non-hydrogen) atoms. The van der Waals surface area contributed by atoms with Gasteiger partial charge in [-0.15, -0.1) is 0 Å². The molecule has 1 heterocycles. The monoisotopic (exact) mass is 291 g/mol. The van der Waals surface area contributed by atoms with E-state index in [1.165, 1.54) is 12.8 Å². The average molecular weight is 291 g/mol. The number of hydrogen-bond donors (Lipinski definition) is 1. The number of methoxy groups -OCH3 is 1. The fourth-order valence-corrected chi connectivity index (χ4v) is 2.77. The number of benzene rings is 1. The molecule has 0 radical (unpaired) electrons. The van der Waals surface area contributed by atoms with E-state index in [1.807, 2.05) is 12.1 Å². The first-order valence-electron chi connectivity index (χ1n) is 7.96. The van der Waals surface area contributed by atoms with Crippen LogP contribution in [0.2, 0.25) is 0 Å². The molecule has 1 N–H and O–H groups in total. The Morgan fingerprint density at radius 3 is 2.67 bits per heavy atom. The van der Waals surface area contributed by atoms with Gasteiger partial charge in [-0.1, -0.05) is 18.2 Å². The van der Waals surface area contributed by atoms with Crippen molar-refractivity contribution in [2.75, 3.05) is 26.9 Å². The summed E-state index contributed by atoms with van der Waals surface area (Å²) in [4.78, 5) is 0. The molecule has 1 unspecified atom stereocenters. The summed E-state index contributed by atoms with van der Waals surface area (Å²) in [5.41, 5.74) is 1.14. The van der Waals surface area contributed by atoms with E-state index < -0.39 is 0 Å². The highest BCUT2D eigenvalue weighted by Crippen LogP contribution is 2.30. The smallest absolute Gasteiger partial charge is 0.124 e. The highest BCUT2D eigenvalue weighted by molar-refractivity contribution is 5.35. The van der Waals surface area contributed by atoms with Gasteiger partial charge in [-0.3, -0.25) is 0 Å². The molecule has 1 aromatic rings. The molecule has 1 atom stereocenters. The maximum Gasteiger partial charge on any atom is 0.124 e. The van der Waals surface area contributed by atoms with Crippen LogP contribution in [-0.4, -0.2) is 39.0 Å². The van der Waals surface area contributed by atoms with Crippen molar-refractivity contribution >= 4 is 0 Å². The highest BCUT2D eigenvalue weighted by atomic mass is 16.5. The van der Waals surface area contributed by atoms with Gasteiger partial charge in [0.05, 0.1) is 19.3 Å². The zero-order valence-corrected chi connectivity index (χ0v) is 12.7. The summed E-state index contributed by atoms with van der Waals surface area (Å²) in [6.07, 6.45) is 4.87. The molecule has 2 fully saturated rings. The number of rotatable bonds is 7. The Balaban J connectivity index is 1.69. The summed E-state index contributed by atoms with van der Waals surface area (Å²) < 4.78 is 17.3. The molecule has 1 saturated carbocycles. The normalized spacial score (nSPS) is 21.2. The van der Waals surface area contributed by atoms with E-state index in [0.29, 0.717) is 6.04 Å². The second-order valence-electron chi connectivity index (χ2n) is 5.86. The molecule has 4 heteroatoms. The first-order chi connectivity index (χ1) is 10.4. The predicted molar refractivity (Wildman–Crippen MR) is 81.7 cm³/mol. The predicted octanol–water partition coefficient (Wildman–Crippen LogP) is 2.68. The van der Waals surface area contributed by atoms with Gasteiger partial charge in [0.25, 0.3) is 0 Å². The summed E-state index contributed by atoms with van der Waals surface area (Å²) in [5, 5.41) is 3.58. The Kier molecular flexibility index (Phi) is 5.12. The third-order valence-electron chi connectivity index (χ3n) is 4.18. The van der Waals surface area contributed by atoms with Crippen LogP contribution in [0.4, 0.5) is 0 Å². The molecular weight excluding hydrogens is 266 g/mol. The Bertz CT molecular complexity index is 441. The average Bonchev–Trinajstić information content (AvgIpc) is 3.37. The zero-order chi connectivity index (χ0) is 14.5. The lowest BCUT2D eigenvalue weighted by Crippen LogP contribution is -2.31. The van der Waals surface area contributed by atoms with E-state index in [1.54, 1.807) is 7.11 Å². The van der Waals surface area contributed by atoms with Gasteiger partial charge in [0.2, 0.25) is 0 Å². The fourth-order valence-electron chi connectivity index (χ4n) is 2.77. The maximum atomic E-state index is 6.38. The molecule has 0 aromatic heterocycles. The van der Waals surface area contributed by atoms with Crippen molar-refractivity contribution in [1.29, 1.82) is 0 Å². The summed E-state index contributed by atoms with van der Waals surface area (Å²) in [6, 6.07) is 8.85. The van der Waals surface area contributed by atoms with Gasteiger partial charge in [-0.2, -0.15) is 0 Å². The van der Waals surface area contributed by atoms with Crippen LogP contribution >= 0.6 is 0 Å². The SMILES string of the molecule is COc1ccccc1C(CNC1CC1)OC1CCOCC1. The molecule has 1 aliphatic heterocycles. The van der Waals surface area contributed by atoms with Gasteiger partial charge >= 0.3 is 0 Å². The molecule has 0 spiro atoms. The second-order valence-corrected chi connectivity index (χ2v) is 5.86. The van der Waals surface area contributed by atoms with Crippen LogP contribution in [0.3, 0.4) is 0 Å². The minimum Gasteiger partial charge on any atom is -0.496 e. The number of hydrogen-bond acceptors (Lipinski definition) is 4. The number of nitrogens with one attached hydrogen (secondary N) is 1. The van der Waals surface area contributed by atoms with Crippen LogP contribution in [0.1, 0.15) is 37.4 Å². The first kappa shape index (κ1) is 14.8. The lowest BCUT2D eigenvalue weighted by atomic mass is 10.1. The maximum absolute atomic E-state index is 6.38. The zero-order valence-electron chi connectivity index (χ0n) is 12.7. The number of para-hydroxylation sites is 1. The van der Waals surface area contributed by atoms with Gasteiger partial charge in [-0.25, -0.2) is 0 Å². The van der Waals surface area contributed by atoms with Crippen LogP contribution in [0.25, 0.3) is 0 Å². The van der Waals surface area contributed by atoms with Crippen molar-refractivity contribution in [2.45, 2.75) is 43.9 Å². The Hall–Kier alpha value is -1.10. The molecular formula is C17H25NO3. The van der Waals surface area contributed by atoms with Crippen molar-refractivity contribution in [3.8, 4) is 5.75 Å². The lowest BCUT2D eigenvalue weighted by Gasteiger charge is -2.29. The van der Waals surface area contributed by atoms with Gasteiger partial charge in [0.15, 0.2) is 0 Å². The van der Waals surface area contributed by atoms with Gasteiger partial charge in [0.1, 0.15) is 5.75 Å². The van der Waals surface area contributed by atoms with Crippen LogP contribution in [0.15, 0.2) is 24.3 Å². The summed E-state index contributed by atoms with van der Waals surface area (Å²) >= 11 is 0. The molecule has 1 aromatic carbocycles. The van der Waals surface area contributed by atoms with E-state index in [0.717, 1.165) is 43.9 Å². The quantitative estimate of drug-likeness (QED) is 0.838. The van der Waals surface area contributed by atoms with Gasteiger partial charge < -0.3 is 19.5 Å². The minimum absolute atomic E-state index is 0.0462. The fraction of sp³-hybridized carbons (Fsp3) is 0.647. The van der Waals surface area contributed by atoms with Crippen LogP contribution < -0.4 is 10.1 Å². The van der Waals surface area contributed by atoms with Crippen molar-refractivity contribution in [3.63, 3.8) is 0 Å². The van der Waals surface area contributed by atoms with Gasteiger partial charge in [0, 0.05) is 31.4 Å². The molecule has 116 valence electrons. The Labute approximate surface area is 126 Å². The molecule has 1 saturated heterocycles. The minimum atomic E-state index is 0.0462. The first-order valence-corrected chi connectivity index (χ1v) is 7.96. The summed E-state index contributed by atoms with van der Waals surface area (Å²) in [6.45, 7) is 2.46. The molecule has 0 bridgehead atoms. The van der Waals surface area contributed by atoms with E-state index in [9.17, 15) is 0 Å². The Morgan fingerprint density at radius 2 is 1.95 bits per heavy atom. The topological polar surface area (TPSA) is 39.7 Å². The molecule has 3 rings (SSSR count). The van der Waals surface area contributed by atoms with Crippen molar-refractivity contribution in [3.05, 3.63) is 29.8 Å². The molecule has 2 aliphatic rings. The van der Waals surface area contributed by atoms with Gasteiger partial charge in [-0.05, 0) is 31.7 Å². The lowest BCUT2D eigenvalue weighted by molar-refractivity contribution is -0.0695. The van der Waals surface area contributed by atoms with Crippen molar-refractivity contribution in [2.24, 2.45) is 0 Å². The van der Waals surface area contributed by atoms with Crippen LogP contribution in [0.5, 0.6) is 5.75 Å². The molecule has 4 nitrogen and oxygen atoms in total. The van der Waals surface area contributed by atoms with Crippen LogP contribution in [0, 0.1) is 0 Å². The molecule has 0 amide bonds. The largest absolute Gasteiger partial charge is 0.496 e.